The maximum Gasteiger partial charge on any atom is 0.351 e. The third-order valence-electron chi connectivity index (χ3n) is 4.65. The molecule has 0 unspecified atom stereocenters. The molecule has 1 fully saturated rings. The van der Waals surface area contributed by atoms with Crippen molar-refractivity contribution in [3.63, 3.8) is 0 Å². The molecule has 1 aromatic carbocycles. The van der Waals surface area contributed by atoms with Gasteiger partial charge in [0.1, 0.15) is 5.75 Å². The molecule has 1 amide bonds. The van der Waals surface area contributed by atoms with Gasteiger partial charge >= 0.3 is 5.69 Å². The standard InChI is InChI=1S/C18H22N4O4/c1-21-17(24)15(16(23)19-12-6-4-3-5-7-12)20-22(18(21)25)13-8-10-14(26-2)11-9-13/h8-12H,3-7H2,1-2H3,(H,19,23). The molecule has 2 aromatic rings. The lowest BCUT2D eigenvalue weighted by Crippen LogP contribution is -2.46. The van der Waals surface area contributed by atoms with Crippen LogP contribution < -0.4 is 21.3 Å². The van der Waals surface area contributed by atoms with E-state index in [1.165, 1.54) is 7.05 Å². The summed E-state index contributed by atoms with van der Waals surface area (Å²) < 4.78 is 7.05. The Kier molecular flexibility index (Phi) is 5.20. The quantitative estimate of drug-likeness (QED) is 0.880. The minimum atomic E-state index is -0.701. The number of amides is 1. The molecule has 138 valence electrons. The summed E-state index contributed by atoms with van der Waals surface area (Å²) in [6, 6.07) is 6.68. The Balaban J connectivity index is 1.97. The van der Waals surface area contributed by atoms with Gasteiger partial charge in [0.05, 0.1) is 12.8 Å². The monoisotopic (exact) mass is 358 g/mol. The second-order valence-electron chi connectivity index (χ2n) is 6.41. The molecule has 0 bridgehead atoms. The highest BCUT2D eigenvalue weighted by Gasteiger charge is 2.22. The Hall–Kier alpha value is -2.90. The Bertz CT molecular complexity index is 908. The molecule has 1 aliphatic carbocycles. The van der Waals surface area contributed by atoms with Gasteiger partial charge in [-0.25, -0.2) is 4.79 Å². The van der Waals surface area contributed by atoms with Crippen LogP contribution in [0.3, 0.4) is 0 Å². The van der Waals surface area contributed by atoms with Crippen LogP contribution >= 0.6 is 0 Å². The first-order chi connectivity index (χ1) is 12.5. The topological polar surface area (TPSA) is 95.2 Å². The average Bonchev–Trinajstić information content (AvgIpc) is 2.67. The van der Waals surface area contributed by atoms with E-state index in [-0.39, 0.29) is 11.7 Å². The normalized spacial score (nSPS) is 14.8. The molecule has 26 heavy (non-hydrogen) atoms. The molecule has 1 heterocycles. The van der Waals surface area contributed by atoms with E-state index in [1.54, 1.807) is 31.4 Å². The van der Waals surface area contributed by atoms with Crippen molar-refractivity contribution < 1.29 is 9.53 Å². The van der Waals surface area contributed by atoms with Crippen LogP contribution in [0.4, 0.5) is 0 Å². The Labute approximate surface area is 150 Å². The molecular formula is C18H22N4O4. The van der Waals surface area contributed by atoms with Gasteiger partial charge < -0.3 is 10.1 Å². The number of hydrogen-bond donors (Lipinski definition) is 1. The molecule has 1 aliphatic rings. The number of carbonyl (C=O) groups excluding carboxylic acids is 1. The number of methoxy groups -OCH3 is 1. The highest BCUT2D eigenvalue weighted by molar-refractivity contribution is 5.92. The fourth-order valence-corrected chi connectivity index (χ4v) is 3.11. The van der Waals surface area contributed by atoms with E-state index >= 15 is 0 Å². The number of benzene rings is 1. The first-order valence-electron chi connectivity index (χ1n) is 8.67. The Morgan fingerprint density at radius 2 is 1.81 bits per heavy atom. The zero-order valence-electron chi connectivity index (χ0n) is 14.9. The summed E-state index contributed by atoms with van der Waals surface area (Å²) in [5, 5.41) is 6.91. The molecule has 0 spiro atoms. The van der Waals surface area contributed by atoms with Crippen LogP contribution in [0.1, 0.15) is 42.6 Å². The van der Waals surface area contributed by atoms with Crippen LogP contribution in [-0.2, 0) is 7.05 Å². The van der Waals surface area contributed by atoms with Gasteiger partial charge in [-0.05, 0) is 37.1 Å². The molecule has 0 radical (unpaired) electrons. The highest BCUT2D eigenvalue weighted by Crippen LogP contribution is 2.17. The first-order valence-corrected chi connectivity index (χ1v) is 8.67. The zero-order valence-corrected chi connectivity index (χ0v) is 14.9. The lowest BCUT2D eigenvalue weighted by molar-refractivity contribution is 0.0918. The van der Waals surface area contributed by atoms with Gasteiger partial charge in [-0.3, -0.25) is 14.2 Å². The second-order valence-corrected chi connectivity index (χ2v) is 6.41. The van der Waals surface area contributed by atoms with Crippen LogP contribution in [0.25, 0.3) is 5.69 Å². The minimum Gasteiger partial charge on any atom is -0.497 e. The summed E-state index contributed by atoms with van der Waals surface area (Å²) in [6.07, 6.45) is 5.06. The van der Waals surface area contributed by atoms with E-state index in [9.17, 15) is 14.4 Å². The predicted octanol–water partition coefficient (Wildman–Crippen LogP) is 1.00. The molecule has 0 atom stereocenters. The molecule has 8 heteroatoms. The number of rotatable bonds is 4. The molecule has 1 N–H and O–H groups in total. The lowest BCUT2D eigenvalue weighted by atomic mass is 9.95. The number of nitrogens with one attached hydrogen (secondary N) is 1. The lowest BCUT2D eigenvalue weighted by Gasteiger charge is -2.22. The van der Waals surface area contributed by atoms with Crippen LogP contribution in [0.15, 0.2) is 33.9 Å². The van der Waals surface area contributed by atoms with Crippen molar-refractivity contribution in [3.8, 4) is 11.4 Å². The van der Waals surface area contributed by atoms with E-state index < -0.39 is 17.2 Å². The second kappa shape index (κ2) is 7.55. The van der Waals surface area contributed by atoms with Gasteiger partial charge in [0.15, 0.2) is 0 Å². The average molecular weight is 358 g/mol. The molecule has 1 aromatic heterocycles. The summed E-state index contributed by atoms with van der Waals surface area (Å²) >= 11 is 0. The maximum atomic E-state index is 12.6. The molecule has 3 rings (SSSR count). The van der Waals surface area contributed by atoms with Crippen molar-refractivity contribution in [1.29, 1.82) is 0 Å². The molecule has 0 saturated heterocycles. The summed E-state index contributed by atoms with van der Waals surface area (Å²) in [5.41, 5.74) is -1.16. The Morgan fingerprint density at radius 3 is 2.42 bits per heavy atom. The third kappa shape index (κ3) is 3.54. The number of carbonyl (C=O) groups is 1. The van der Waals surface area contributed by atoms with Crippen molar-refractivity contribution in [2.24, 2.45) is 7.05 Å². The summed E-state index contributed by atoms with van der Waals surface area (Å²) in [6.45, 7) is 0. The van der Waals surface area contributed by atoms with Crippen LogP contribution in [0.2, 0.25) is 0 Å². The van der Waals surface area contributed by atoms with Gasteiger partial charge in [0, 0.05) is 13.1 Å². The molecule has 8 nitrogen and oxygen atoms in total. The van der Waals surface area contributed by atoms with E-state index in [4.69, 9.17) is 4.74 Å². The fraction of sp³-hybridized carbons (Fsp3) is 0.444. The first kappa shape index (κ1) is 17.9. The minimum absolute atomic E-state index is 0.0455. The van der Waals surface area contributed by atoms with Crippen molar-refractivity contribution in [2.45, 2.75) is 38.1 Å². The van der Waals surface area contributed by atoms with Crippen molar-refractivity contribution in [2.75, 3.05) is 7.11 Å². The zero-order chi connectivity index (χ0) is 18.7. The number of ether oxygens (including phenoxy) is 1. The number of aromatic nitrogens is 3. The van der Waals surface area contributed by atoms with Crippen LogP contribution in [0, 0.1) is 0 Å². The van der Waals surface area contributed by atoms with Crippen molar-refractivity contribution in [1.82, 2.24) is 19.7 Å². The SMILES string of the molecule is COc1ccc(-n2nc(C(=O)NC3CCCCC3)c(=O)n(C)c2=O)cc1. The van der Waals surface area contributed by atoms with Crippen LogP contribution in [0.5, 0.6) is 5.75 Å². The number of nitrogens with zero attached hydrogens (tertiary/aromatic N) is 3. The Morgan fingerprint density at radius 1 is 1.15 bits per heavy atom. The van der Waals surface area contributed by atoms with Gasteiger partial charge in [-0.1, -0.05) is 19.3 Å². The highest BCUT2D eigenvalue weighted by atomic mass is 16.5. The smallest absolute Gasteiger partial charge is 0.351 e. The molecule has 0 aliphatic heterocycles. The van der Waals surface area contributed by atoms with E-state index in [0.717, 1.165) is 41.4 Å². The molecular weight excluding hydrogens is 336 g/mol. The van der Waals surface area contributed by atoms with E-state index in [0.29, 0.717) is 11.4 Å². The number of hydrogen-bond acceptors (Lipinski definition) is 5. The summed E-state index contributed by atoms with van der Waals surface area (Å²) in [5.74, 6) is 0.0849. The third-order valence-corrected chi connectivity index (χ3v) is 4.65. The predicted molar refractivity (Wildman–Crippen MR) is 96.0 cm³/mol. The van der Waals surface area contributed by atoms with Crippen molar-refractivity contribution in [3.05, 3.63) is 50.8 Å². The van der Waals surface area contributed by atoms with Gasteiger partial charge in [-0.2, -0.15) is 9.78 Å². The van der Waals surface area contributed by atoms with Gasteiger partial charge in [0.25, 0.3) is 11.5 Å². The van der Waals surface area contributed by atoms with Gasteiger partial charge in [0.2, 0.25) is 5.69 Å². The van der Waals surface area contributed by atoms with E-state index in [1.807, 2.05) is 0 Å². The van der Waals surface area contributed by atoms with Crippen molar-refractivity contribution >= 4 is 5.91 Å². The van der Waals surface area contributed by atoms with Crippen LogP contribution in [-0.4, -0.2) is 33.4 Å². The fourth-order valence-electron chi connectivity index (χ4n) is 3.11. The maximum absolute atomic E-state index is 12.6. The van der Waals surface area contributed by atoms with Gasteiger partial charge in [-0.15, -0.1) is 0 Å². The molecule has 1 saturated carbocycles. The largest absolute Gasteiger partial charge is 0.497 e. The summed E-state index contributed by atoms with van der Waals surface area (Å²) in [7, 11) is 2.88. The van der Waals surface area contributed by atoms with E-state index in [2.05, 4.69) is 10.4 Å². The summed E-state index contributed by atoms with van der Waals surface area (Å²) in [4.78, 5) is 37.3.